The average Bonchev–Trinajstić information content (AvgIpc) is 2.64. The van der Waals surface area contributed by atoms with Crippen molar-refractivity contribution in [3.8, 4) is 5.69 Å². The Bertz CT molecular complexity index is 578. The molecular weight excluding hydrogens is 226 g/mol. The number of rotatable bonds is 4. The number of H-pyrrole nitrogens is 1. The van der Waals surface area contributed by atoms with E-state index >= 15 is 0 Å². The molecule has 0 aliphatic heterocycles. The van der Waals surface area contributed by atoms with Gasteiger partial charge in [-0.15, -0.1) is 0 Å². The van der Waals surface area contributed by atoms with Crippen LogP contribution in [0.4, 0.5) is 0 Å². The third-order valence-electron chi connectivity index (χ3n) is 3.18. The molecule has 2 N–H and O–H groups in total. The highest BCUT2D eigenvalue weighted by Crippen LogP contribution is 2.12. The minimum Gasteiger partial charge on any atom is -0.319 e. The number of benzene rings is 1. The number of hydrogen-bond acceptors (Lipinski definition) is 2. The third kappa shape index (κ3) is 2.38. The summed E-state index contributed by atoms with van der Waals surface area (Å²) in [5, 5.41) is 5.96. The van der Waals surface area contributed by atoms with Gasteiger partial charge < -0.3 is 5.32 Å². The molecule has 1 aromatic heterocycles. The first kappa shape index (κ1) is 12.6. The van der Waals surface area contributed by atoms with Crippen molar-refractivity contribution in [1.29, 1.82) is 0 Å². The molecule has 0 fully saturated rings. The Labute approximate surface area is 107 Å². The predicted octanol–water partition coefficient (Wildman–Crippen LogP) is 1.54. The van der Waals surface area contributed by atoms with Crippen molar-refractivity contribution >= 4 is 0 Å². The van der Waals surface area contributed by atoms with E-state index in [4.69, 9.17) is 0 Å². The predicted molar refractivity (Wildman–Crippen MR) is 73.5 cm³/mol. The highest BCUT2D eigenvalue weighted by Gasteiger charge is 2.11. The van der Waals surface area contributed by atoms with E-state index in [-0.39, 0.29) is 5.56 Å². The monoisotopic (exact) mass is 245 g/mol. The molecule has 0 atom stereocenters. The lowest BCUT2D eigenvalue weighted by molar-refractivity contribution is 0.783. The Hall–Kier alpha value is -1.81. The van der Waals surface area contributed by atoms with Crippen molar-refractivity contribution < 1.29 is 0 Å². The van der Waals surface area contributed by atoms with E-state index in [0.29, 0.717) is 0 Å². The van der Waals surface area contributed by atoms with E-state index in [9.17, 15) is 4.79 Å². The molecule has 4 nitrogen and oxygen atoms in total. The summed E-state index contributed by atoms with van der Waals surface area (Å²) in [6.07, 6.45) is 0.747. The van der Waals surface area contributed by atoms with Crippen molar-refractivity contribution in [2.45, 2.75) is 20.3 Å². The van der Waals surface area contributed by atoms with Gasteiger partial charge in [-0.2, -0.15) is 0 Å². The maximum atomic E-state index is 11.9. The van der Waals surface area contributed by atoms with Crippen LogP contribution in [0.25, 0.3) is 5.69 Å². The summed E-state index contributed by atoms with van der Waals surface area (Å²) in [5.74, 6) is 0. The maximum Gasteiger partial charge on any atom is 0.267 e. The van der Waals surface area contributed by atoms with Crippen LogP contribution < -0.4 is 10.9 Å². The van der Waals surface area contributed by atoms with Crippen LogP contribution in [-0.2, 0) is 6.42 Å². The summed E-state index contributed by atoms with van der Waals surface area (Å²) in [6, 6.07) is 8.11. The first-order valence-electron chi connectivity index (χ1n) is 6.15. The Kier molecular flexibility index (Phi) is 3.67. The van der Waals surface area contributed by atoms with E-state index in [1.165, 1.54) is 5.56 Å². The highest BCUT2D eigenvalue weighted by atomic mass is 16.1. The van der Waals surface area contributed by atoms with Gasteiger partial charge in [0.1, 0.15) is 0 Å². The molecule has 2 aromatic rings. The molecule has 0 saturated carbocycles. The molecule has 96 valence electrons. The van der Waals surface area contributed by atoms with Gasteiger partial charge in [0.05, 0.1) is 5.69 Å². The van der Waals surface area contributed by atoms with Gasteiger partial charge in [0.25, 0.3) is 5.56 Å². The summed E-state index contributed by atoms with van der Waals surface area (Å²) >= 11 is 0. The average molecular weight is 245 g/mol. The van der Waals surface area contributed by atoms with Crippen LogP contribution in [0.1, 0.15) is 16.8 Å². The Morgan fingerprint density at radius 2 is 1.89 bits per heavy atom. The van der Waals surface area contributed by atoms with Gasteiger partial charge in [-0.3, -0.25) is 14.6 Å². The SMILES string of the molecule is CNCCc1c(C)n(-c2ccc(C)cc2)[nH]c1=O. The molecule has 0 spiro atoms. The lowest BCUT2D eigenvalue weighted by Crippen LogP contribution is -2.15. The molecular formula is C14H19N3O. The van der Waals surface area contributed by atoms with Crippen LogP contribution in [0.3, 0.4) is 0 Å². The topological polar surface area (TPSA) is 49.8 Å². The minimum atomic E-state index is 0.00308. The summed E-state index contributed by atoms with van der Waals surface area (Å²) in [5.41, 5.74) is 4.04. The van der Waals surface area contributed by atoms with E-state index < -0.39 is 0 Å². The highest BCUT2D eigenvalue weighted by molar-refractivity contribution is 5.36. The minimum absolute atomic E-state index is 0.00308. The van der Waals surface area contributed by atoms with Crippen molar-refractivity contribution in [2.24, 2.45) is 0 Å². The zero-order valence-electron chi connectivity index (χ0n) is 11.1. The fourth-order valence-corrected chi connectivity index (χ4v) is 2.05. The second-order valence-corrected chi connectivity index (χ2v) is 4.53. The molecule has 1 heterocycles. The number of aryl methyl sites for hydroxylation is 1. The van der Waals surface area contributed by atoms with Crippen LogP contribution in [0.2, 0.25) is 0 Å². The smallest absolute Gasteiger partial charge is 0.267 e. The maximum absolute atomic E-state index is 11.9. The van der Waals surface area contributed by atoms with Crippen molar-refractivity contribution in [2.75, 3.05) is 13.6 Å². The number of likely N-dealkylation sites (N-methyl/N-ethyl adjacent to an activating group) is 1. The summed E-state index contributed by atoms with van der Waals surface area (Å²) < 4.78 is 1.85. The van der Waals surface area contributed by atoms with Crippen LogP contribution in [-0.4, -0.2) is 23.4 Å². The van der Waals surface area contributed by atoms with E-state index in [2.05, 4.69) is 10.4 Å². The zero-order valence-corrected chi connectivity index (χ0v) is 11.1. The van der Waals surface area contributed by atoms with Gasteiger partial charge in [0, 0.05) is 11.3 Å². The van der Waals surface area contributed by atoms with E-state index in [1.807, 2.05) is 49.8 Å². The van der Waals surface area contributed by atoms with Gasteiger partial charge in [-0.05, 0) is 46.0 Å². The third-order valence-corrected chi connectivity index (χ3v) is 3.18. The lowest BCUT2D eigenvalue weighted by Gasteiger charge is -2.06. The van der Waals surface area contributed by atoms with Gasteiger partial charge in [-0.25, -0.2) is 0 Å². The number of aromatic nitrogens is 2. The fourth-order valence-electron chi connectivity index (χ4n) is 2.05. The summed E-state index contributed by atoms with van der Waals surface area (Å²) in [7, 11) is 1.89. The molecule has 1 aromatic carbocycles. The standard InChI is InChI=1S/C14H19N3O/c1-10-4-6-12(7-5-10)17-11(2)13(8-9-15-3)14(18)16-17/h4-7,15H,8-9H2,1-3H3,(H,16,18). The molecule has 18 heavy (non-hydrogen) atoms. The van der Waals surface area contributed by atoms with E-state index in [1.54, 1.807) is 0 Å². The number of nitrogens with zero attached hydrogens (tertiary/aromatic N) is 1. The molecule has 2 rings (SSSR count). The Balaban J connectivity index is 2.40. The van der Waals surface area contributed by atoms with Crippen LogP contribution in [0, 0.1) is 13.8 Å². The van der Waals surface area contributed by atoms with Crippen LogP contribution >= 0.6 is 0 Å². The number of nitrogens with one attached hydrogen (secondary N) is 2. The molecule has 0 aliphatic rings. The molecule has 0 aliphatic carbocycles. The van der Waals surface area contributed by atoms with E-state index in [0.717, 1.165) is 29.9 Å². The number of aromatic amines is 1. The fraction of sp³-hybridized carbons (Fsp3) is 0.357. The first-order chi connectivity index (χ1) is 8.63. The van der Waals surface area contributed by atoms with Gasteiger partial charge >= 0.3 is 0 Å². The first-order valence-corrected chi connectivity index (χ1v) is 6.15. The Morgan fingerprint density at radius 1 is 1.22 bits per heavy atom. The van der Waals surface area contributed by atoms with Crippen molar-refractivity contribution in [1.82, 2.24) is 15.1 Å². The molecule has 0 radical (unpaired) electrons. The second-order valence-electron chi connectivity index (χ2n) is 4.53. The summed E-state index contributed by atoms with van der Waals surface area (Å²) in [4.78, 5) is 11.9. The quantitative estimate of drug-likeness (QED) is 0.858. The second kappa shape index (κ2) is 5.23. The van der Waals surface area contributed by atoms with Crippen LogP contribution in [0.5, 0.6) is 0 Å². The van der Waals surface area contributed by atoms with Crippen molar-refractivity contribution in [3.05, 3.63) is 51.4 Å². The zero-order chi connectivity index (χ0) is 13.1. The number of hydrogen-bond donors (Lipinski definition) is 2. The molecule has 0 saturated heterocycles. The van der Waals surface area contributed by atoms with Gasteiger partial charge in [-0.1, -0.05) is 17.7 Å². The van der Waals surface area contributed by atoms with Crippen LogP contribution in [0.15, 0.2) is 29.1 Å². The Morgan fingerprint density at radius 3 is 2.50 bits per heavy atom. The van der Waals surface area contributed by atoms with Crippen molar-refractivity contribution in [3.63, 3.8) is 0 Å². The lowest BCUT2D eigenvalue weighted by atomic mass is 10.2. The van der Waals surface area contributed by atoms with Gasteiger partial charge in [0.15, 0.2) is 0 Å². The molecule has 0 unspecified atom stereocenters. The summed E-state index contributed by atoms with van der Waals surface area (Å²) in [6.45, 7) is 4.83. The largest absolute Gasteiger partial charge is 0.319 e. The molecule has 0 amide bonds. The molecule has 4 heteroatoms. The van der Waals surface area contributed by atoms with Gasteiger partial charge in [0.2, 0.25) is 0 Å². The molecule has 0 bridgehead atoms. The normalized spacial score (nSPS) is 10.8.